The van der Waals surface area contributed by atoms with E-state index in [4.69, 9.17) is 4.74 Å². The summed E-state index contributed by atoms with van der Waals surface area (Å²) in [4.78, 5) is 0. The molecular formula is C22H29N2O2+. The van der Waals surface area contributed by atoms with E-state index in [1.807, 2.05) is 25.1 Å². The van der Waals surface area contributed by atoms with Crippen LogP contribution in [0.3, 0.4) is 0 Å². The number of aromatic hydroxyl groups is 1. The van der Waals surface area contributed by atoms with Crippen molar-refractivity contribution in [3.63, 3.8) is 0 Å². The number of nitrogens with one attached hydrogen (secondary N) is 1. The van der Waals surface area contributed by atoms with E-state index >= 15 is 0 Å². The normalized spacial score (nSPS) is 19.8. The van der Waals surface area contributed by atoms with Crippen molar-refractivity contribution < 1.29 is 15.2 Å². The fourth-order valence-electron chi connectivity index (χ4n) is 3.31. The van der Waals surface area contributed by atoms with E-state index in [0.717, 1.165) is 11.3 Å². The maximum Gasteiger partial charge on any atom is 0.167 e. The minimum absolute atomic E-state index is 0.0281. The predicted molar refractivity (Wildman–Crippen MR) is 105 cm³/mol. The van der Waals surface area contributed by atoms with E-state index in [2.05, 4.69) is 61.7 Å². The topological polar surface area (TPSA) is 58.1 Å². The summed E-state index contributed by atoms with van der Waals surface area (Å²) in [5.41, 5.74) is 4.40. The summed E-state index contributed by atoms with van der Waals surface area (Å²) in [6.07, 6.45) is 2.42. The molecule has 1 aliphatic heterocycles. The zero-order chi connectivity index (χ0) is 18.7. The van der Waals surface area contributed by atoms with Crippen LogP contribution >= 0.6 is 0 Å². The van der Waals surface area contributed by atoms with Gasteiger partial charge in [-0.1, -0.05) is 49.7 Å². The van der Waals surface area contributed by atoms with Crippen molar-refractivity contribution in [2.75, 3.05) is 6.61 Å². The summed E-state index contributed by atoms with van der Waals surface area (Å²) in [7, 11) is 0. The molecule has 2 aromatic carbocycles. The van der Waals surface area contributed by atoms with Gasteiger partial charge in [0.25, 0.3) is 0 Å². The number of benzene rings is 2. The molecule has 0 saturated heterocycles. The molecule has 2 atom stereocenters. The summed E-state index contributed by atoms with van der Waals surface area (Å²) < 4.78 is 5.57. The molecule has 4 N–H and O–H groups in total. The summed E-state index contributed by atoms with van der Waals surface area (Å²) in [5, 5.41) is 16.6. The first kappa shape index (κ1) is 18.3. The van der Waals surface area contributed by atoms with Crippen LogP contribution in [-0.4, -0.2) is 17.9 Å². The molecular weight excluding hydrogens is 324 g/mol. The molecule has 0 fully saturated rings. The third-order valence-electron chi connectivity index (χ3n) is 4.85. The highest BCUT2D eigenvalue weighted by Crippen LogP contribution is 2.34. The molecule has 2 aromatic rings. The molecule has 0 amide bonds. The Bertz CT molecular complexity index is 781. The van der Waals surface area contributed by atoms with E-state index < -0.39 is 0 Å². The first-order chi connectivity index (χ1) is 12.5. The highest BCUT2D eigenvalue weighted by Gasteiger charge is 2.30. The molecule has 2 unspecified atom stereocenters. The van der Waals surface area contributed by atoms with Crippen LogP contribution in [-0.2, 0) is 0 Å². The van der Waals surface area contributed by atoms with Crippen LogP contribution in [0.4, 0.5) is 0 Å². The van der Waals surface area contributed by atoms with E-state index in [1.165, 1.54) is 11.1 Å². The van der Waals surface area contributed by atoms with Crippen molar-refractivity contribution in [3.05, 3.63) is 65.2 Å². The van der Waals surface area contributed by atoms with Crippen LogP contribution in [0.25, 0.3) is 5.70 Å². The first-order valence-electron chi connectivity index (χ1n) is 9.34. The van der Waals surface area contributed by atoms with Gasteiger partial charge in [-0.15, -0.1) is 0 Å². The lowest BCUT2D eigenvalue weighted by atomic mass is 9.96. The van der Waals surface area contributed by atoms with Gasteiger partial charge >= 0.3 is 0 Å². The Hall–Kier alpha value is -2.46. The van der Waals surface area contributed by atoms with Gasteiger partial charge in [-0.05, 0) is 31.5 Å². The minimum atomic E-state index is 0.0281. The van der Waals surface area contributed by atoms with Crippen LogP contribution in [0.5, 0.6) is 11.5 Å². The second-order valence-electron chi connectivity index (χ2n) is 7.21. The lowest BCUT2D eigenvalue weighted by molar-refractivity contribution is -0.729. The first-order valence-corrected chi connectivity index (χ1v) is 9.34. The largest absolute Gasteiger partial charge is 0.504 e. The van der Waals surface area contributed by atoms with Crippen molar-refractivity contribution in [1.29, 1.82) is 0 Å². The molecule has 1 aliphatic rings. The van der Waals surface area contributed by atoms with Gasteiger partial charge in [-0.2, -0.15) is 0 Å². The highest BCUT2D eigenvalue weighted by molar-refractivity contribution is 5.66. The number of hydrogen-bond donors (Lipinski definition) is 3. The van der Waals surface area contributed by atoms with Gasteiger partial charge in [0, 0.05) is 17.7 Å². The van der Waals surface area contributed by atoms with Crippen LogP contribution < -0.4 is 15.4 Å². The second-order valence-corrected chi connectivity index (χ2v) is 7.21. The van der Waals surface area contributed by atoms with Crippen molar-refractivity contribution in [3.8, 4) is 11.5 Å². The molecule has 0 aromatic heterocycles. The Morgan fingerprint density at radius 2 is 1.88 bits per heavy atom. The minimum Gasteiger partial charge on any atom is -0.504 e. The van der Waals surface area contributed by atoms with Gasteiger partial charge in [0.15, 0.2) is 17.7 Å². The molecule has 0 bridgehead atoms. The molecule has 0 saturated carbocycles. The molecule has 3 rings (SSSR count). The van der Waals surface area contributed by atoms with E-state index in [0.29, 0.717) is 18.3 Å². The highest BCUT2D eigenvalue weighted by atomic mass is 16.5. The van der Waals surface area contributed by atoms with Crippen LogP contribution in [0.2, 0.25) is 0 Å². The second kappa shape index (κ2) is 7.83. The Morgan fingerprint density at radius 3 is 2.54 bits per heavy atom. The molecule has 0 spiro atoms. The van der Waals surface area contributed by atoms with Crippen LogP contribution in [0, 0.1) is 12.8 Å². The SMILES string of the molecule is CCOc1cccc(C2C=C(c3ccc(C)cc3)NC(C(C)C)[NH2+]2)c1O. The Labute approximate surface area is 155 Å². The maximum absolute atomic E-state index is 10.7. The monoisotopic (exact) mass is 353 g/mol. The predicted octanol–water partition coefficient (Wildman–Crippen LogP) is 3.33. The fraction of sp³-hybridized carbons (Fsp3) is 0.364. The standard InChI is InChI=1S/C22H28N2O2/c1-5-26-20-8-6-7-17(21(20)25)19-13-18(23-22(24-19)14(2)3)16-11-9-15(4)10-12-16/h6-14,19,22-25H,5H2,1-4H3/p+1. The Kier molecular flexibility index (Phi) is 5.52. The number of quaternary nitrogens is 1. The maximum atomic E-state index is 10.7. The molecule has 1 heterocycles. The van der Waals surface area contributed by atoms with Gasteiger partial charge in [-0.3, -0.25) is 0 Å². The lowest BCUT2D eigenvalue weighted by Crippen LogP contribution is -2.96. The van der Waals surface area contributed by atoms with E-state index in [-0.39, 0.29) is 18.0 Å². The molecule has 26 heavy (non-hydrogen) atoms. The summed E-state index contributed by atoms with van der Waals surface area (Å²) in [6.45, 7) is 8.97. The van der Waals surface area contributed by atoms with Gasteiger partial charge in [-0.25, -0.2) is 0 Å². The number of phenols is 1. The van der Waals surface area contributed by atoms with Gasteiger partial charge in [0.05, 0.1) is 12.2 Å². The third-order valence-corrected chi connectivity index (χ3v) is 4.85. The average molecular weight is 353 g/mol. The van der Waals surface area contributed by atoms with Gasteiger partial charge in [0.2, 0.25) is 0 Å². The number of ether oxygens (including phenoxy) is 1. The van der Waals surface area contributed by atoms with Crippen molar-refractivity contribution in [1.82, 2.24) is 5.32 Å². The van der Waals surface area contributed by atoms with Crippen molar-refractivity contribution in [2.24, 2.45) is 5.92 Å². The van der Waals surface area contributed by atoms with Crippen molar-refractivity contribution >= 4 is 5.70 Å². The van der Waals surface area contributed by atoms with E-state index in [9.17, 15) is 5.11 Å². The summed E-state index contributed by atoms with van der Waals surface area (Å²) in [6, 6.07) is 14.3. The quantitative estimate of drug-likeness (QED) is 0.773. The zero-order valence-corrected chi connectivity index (χ0v) is 16.0. The number of hydrogen-bond acceptors (Lipinski definition) is 3. The fourth-order valence-corrected chi connectivity index (χ4v) is 3.31. The molecule has 0 aliphatic carbocycles. The zero-order valence-electron chi connectivity index (χ0n) is 16.0. The molecule has 138 valence electrons. The van der Waals surface area contributed by atoms with E-state index in [1.54, 1.807) is 0 Å². The average Bonchev–Trinajstić information content (AvgIpc) is 2.64. The van der Waals surface area contributed by atoms with Gasteiger partial charge in [0.1, 0.15) is 6.04 Å². The van der Waals surface area contributed by atoms with Crippen LogP contribution in [0.15, 0.2) is 48.5 Å². The third kappa shape index (κ3) is 3.86. The Balaban J connectivity index is 2.00. The molecule has 0 radical (unpaired) electrons. The summed E-state index contributed by atoms with van der Waals surface area (Å²) >= 11 is 0. The number of phenolic OH excluding ortho intramolecular Hbond substituents is 1. The molecule has 4 heteroatoms. The molecule has 4 nitrogen and oxygen atoms in total. The van der Waals surface area contributed by atoms with Gasteiger partial charge < -0.3 is 20.5 Å². The number of aryl methyl sites for hydroxylation is 1. The van der Waals surface area contributed by atoms with Crippen molar-refractivity contribution in [2.45, 2.75) is 39.9 Å². The Morgan fingerprint density at radius 1 is 1.15 bits per heavy atom. The smallest absolute Gasteiger partial charge is 0.167 e. The summed E-state index contributed by atoms with van der Waals surface area (Å²) in [5.74, 6) is 1.23. The van der Waals surface area contributed by atoms with Crippen LogP contribution in [0.1, 0.15) is 43.5 Å². The lowest BCUT2D eigenvalue weighted by Gasteiger charge is -2.32. The number of para-hydroxylation sites is 1. The number of nitrogens with two attached hydrogens (primary N) is 1. The number of rotatable bonds is 5.